The molecule has 0 aliphatic heterocycles. The summed E-state index contributed by atoms with van der Waals surface area (Å²) in [5.41, 5.74) is 0.0172. The van der Waals surface area contributed by atoms with Gasteiger partial charge in [-0.3, -0.25) is 0 Å². The summed E-state index contributed by atoms with van der Waals surface area (Å²) < 4.78 is 10.6. The van der Waals surface area contributed by atoms with Gasteiger partial charge in [0.05, 0.1) is 0 Å². The largest absolute Gasteiger partial charge is 0.469 e. The van der Waals surface area contributed by atoms with Gasteiger partial charge in [-0.05, 0) is 38.3 Å². The Hall–Kier alpha value is -0.990. The van der Waals surface area contributed by atoms with Crippen molar-refractivity contribution in [2.24, 2.45) is 0 Å². The van der Waals surface area contributed by atoms with Crippen molar-refractivity contribution in [2.75, 3.05) is 0 Å². The lowest BCUT2D eigenvalue weighted by molar-refractivity contribution is 0.00449. The number of ether oxygens (including phenoxy) is 1. The third kappa shape index (κ3) is 2.50. The number of hydrogen-bond acceptors (Lipinski definition) is 3. The molecule has 1 fully saturated rings. The molecule has 1 heterocycles. The van der Waals surface area contributed by atoms with Crippen molar-refractivity contribution in [3.8, 4) is 5.88 Å². The molecule has 0 amide bonds. The van der Waals surface area contributed by atoms with Crippen LogP contribution in [0.5, 0.6) is 5.88 Å². The van der Waals surface area contributed by atoms with Gasteiger partial charge in [-0.15, -0.1) is 0 Å². The molecule has 2 rings (SSSR count). The van der Waals surface area contributed by atoms with Crippen LogP contribution in [0.3, 0.4) is 0 Å². The minimum absolute atomic E-state index is 0.0172. The summed E-state index contributed by atoms with van der Waals surface area (Å²) >= 11 is 0. The first-order chi connectivity index (χ1) is 6.68. The maximum absolute atomic E-state index is 5.65. The van der Waals surface area contributed by atoms with Gasteiger partial charge >= 0.3 is 0 Å². The highest BCUT2D eigenvalue weighted by molar-refractivity contribution is 5.11. The molecule has 0 radical (unpaired) electrons. The quantitative estimate of drug-likeness (QED) is 0.729. The Morgan fingerprint density at radius 1 is 1.43 bits per heavy atom. The van der Waals surface area contributed by atoms with Gasteiger partial charge in [-0.2, -0.15) is 0 Å². The molecule has 1 saturated carbocycles. The lowest BCUT2D eigenvalue weighted by Crippen LogP contribution is -2.39. The molecule has 1 aliphatic carbocycles. The van der Waals surface area contributed by atoms with Gasteiger partial charge in [0, 0.05) is 6.07 Å². The number of rotatable bonds is 2. The topological polar surface area (TPSA) is 35.3 Å². The van der Waals surface area contributed by atoms with E-state index in [2.05, 4.69) is 12.1 Å². The van der Waals surface area contributed by atoms with Crippen molar-refractivity contribution in [1.29, 1.82) is 0 Å². The summed E-state index contributed by atoms with van der Waals surface area (Å²) in [6.45, 7) is 7.98. The van der Waals surface area contributed by atoms with E-state index >= 15 is 0 Å². The summed E-state index contributed by atoms with van der Waals surface area (Å²) in [4.78, 5) is 0. The molecule has 3 nitrogen and oxygen atoms in total. The van der Waals surface area contributed by atoms with Gasteiger partial charge in [-0.1, -0.05) is 13.8 Å². The third-order valence-electron chi connectivity index (χ3n) is 2.37. The van der Waals surface area contributed by atoms with E-state index in [4.69, 9.17) is 9.26 Å². The zero-order chi connectivity index (χ0) is 10.6. The average Bonchev–Trinajstić information content (AvgIpc) is 2.52. The minimum atomic E-state index is 0.0172. The first kappa shape index (κ1) is 11.1. The van der Waals surface area contributed by atoms with Crippen LogP contribution in [0.4, 0.5) is 0 Å². The Labute approximate surface area is 85.4 Å². The fourth-order valence-electron chi connectivity index (χ4n) is 1.42. The zero-order valence-corrected chi connectivity index (χ0v) is 9.46. The second kappa shape index (κ2) is 4.49. The summed E-state index contributed by atoms with van der Waals surface area (Å²) in [6.07, 6.45) is 3.51. The van der Waals surface area contributed by atoms with Crippen molar-refractivity contribution in [3.63, 3.8) is 0 Å². The molecule has 1 aromatic heterocycles. The minimum Gasteiger partial charge on any atom is -0.469 e. The van der Waals surface area contributed by atoms with E-state index in [1.807, 2.05) is 26.8 Å². The zero-order valence-electron chi connectivity index (χ0n) is 9.46. The van der Waals surface area contributed by atoms with E-state index < -0.39 is 0 Å². The SMILES string of the molecule is CC.Cc1cc(OC2(C)CCC2)no1. The van der Waals surface area contributed by atoms with Crippen molar-refractivity contribution in [3.05, 3.63) is 11.8 Å². The maximum Gasteiger partial charge on any atom is 0.254 e. The monoisotopic (exact) mass is 197 g/mol. The Kier molecular flexibility index (Phi) is 3.55. The molecule has 14 heavy (non-hydrogen) atoms. The van der Waals surface area contributed by atoms with Crippen molar-refractivity contribution in [1.82, 2.24) is 5.16 Å². The Balaban J connectivity index is 0.000000461. The molecule has 1 aromatic rings. The standard InChI is InChI=1S/C9H13NO2.C2H6/c1-7-6-8(10-12-7)11-9(2)4-3-5-9;1-2/h6H,3-5H2,1-2H3;1-2H3. The van der Waals surface area contributed by atoms with Crippen LogP contribution in [-0.4, -0.2) is 10.8 Å². The maximum atomic E-state index is 5.65. The smallest absolute Gasteiger partial charge is 0.254 e. The highest BCUT2D eigenvalue weighted by atomic mass is 16.6. The van der Waals surface area contributed by atoms with Gasteiger partial charge in [0.2, 0.25) is 0 Å². The fraction of sp³-hybridized carbons (Fsp3) is 0.727. The average molecular weight is 197 g/mol. The molecule has 0 atom stereocenters. The van der Waals surface area contributed by atoms with Crippen molar-refractivity contribution < 1.29 is 9.26 Å². The molecular weight excluding hydrogens is 178 g/mol. The van der Waals surface area contributed by atoms with Crippen LogP contribution in [0.2, 0.25) is 0 Å². The van der Waals surface area contributed by atoms with Crippen LogP contribution >= 0.6 is 0 Å². The molecule has 0 N–H and O–H groups in total. The van der Waals surface area contributed by atoms with E-state index in [0.29, 0.717) is 5.88 Å². The van der Waals surface area contributed by atoms with Gasteiger partial charge in [0.1, 0.15) is 11.4 Å². The molecule has 1 aliphatic rings. The molecular formula is C11H19NO2. The molecule has 0 aromatic carbocycles. The number of aromatic nitrogens is 1. The van der Waals surface area contributed by atoms with Crippen LogP contribution in [0, 0.1) is 6.92 Å². The summed E-state index contributed by atoms with van der Waals surface area (Å²) in [5, 5.41) is 3.79. The lowest BCUT2D eigenvalue weighted by Gasteiger charge is -2.37. The molecule has 0 bridgehead atoms. The van der Waals surface area contributed by atoms with E-state index in [1.54, 1.807) is 0 Å². The summed E-state index contributed by atoms with van der Waals surface area (Å²) in [7, 11) is 0. The normalized spacial score (nSPS) is 17.7. The Morgan fingerprint density at radius 2 is 2.07 bits per heavy atom. The second-order valence-electron chi connectivity index (χ2n) is 3.68. The van der Waals surface area contributed by atoms with E-state index in [-0.39, 0.29) is 5.60 Å². The number of aryl methyl sites for hydroxylation is 1. The Morgan fingerprint density at radius 3 is 2.43 bits per heavy atom. The van der Waals surface area contributed by atoms with Gasteiger partial charge in [0.25, 0.3) is 5.88 Å². The molecule has 0 unspecified atom stereocenters. The second-order valence-corrected chi connectivity index (χ2v) is 3.68. The summed E-state index contributed by atoms with van der Waals surface area (Å²) in [6, 6.07) is 1.82. The van der Waals surface area contributed by atoms with Crippen LogP contribution in [0.15, 0.2) is 10.6 Å². The Bertz CT molecular complexity index is 277. The lowest BCUT2D eigenvalue weighted by atomic mass is 9.82. The first-order valence-electron chi connectivity index (χ1n) is 5.30. The van der Waals surface area contributed by atoms with E-state index in [9.17, 15) is 0 Å². The van der Waals surface area contributed by atoms with E-state index in [0.717, 1.165) is 18.6 Å². The van der Waals surface area contributed by atoms with Gasteiger partial charge in [-0.25, -0.2) is 0 Å². The predicted molar refractivity (Wildman–Crippen MR) is 55.5 cm³/mol. The molecule has 0 spiro atoms. The fourth-order valence-corrected chi connectivity index (χ4v) is 1.42. The first-order valence-corrected chi connectivity index (χ1v) is 5.30. The number of nitrogens with zero attached hydrogens (tertiary/aromatic N) is 1. The molecule has 0 saturated heterocycles. The molecule has 3 heteroatoms. The molecule has 80 valence electrons. The summed E-state index contributed by atoms with van der Waals surface area (Å²) in [5.74, 6) is 1.42. The van der Waals surface area contributed by atoms with Gasteiger partial charge < -0.3 is 9.26 Å². The van der Waals surface area contributed by atoms with Crippen molar-refractivity contribution >= 4 is 0 Å². The van der Waals surface area contributed by atoms with E-state index in [1.165, 1.54) is 6.42 Å². The van der Waals surface area contributed by atoms with Crippen LogP contribution in [0.1, 0.15) is 45.8 Å². The number of hydrogen-bond donors (Lipinski definition) is 0. The highest BCUT2D eigenvalue weighted by Gasteiger charge is 2.34. The van der Waals surface area contributed by atoms with Crippen molar-refractivity contribution in [2.45, 2.75) is 52.6 Å². The highest BCUT2D eigenvalue weighted by Crippen LogP contribution is 2.35. The third-order valence-corrected chi connectivity index (χ3v) is 2.37. The predicted octanol–water partition coefficient (Wildman–Crippen LogP) is 3.33. The van der Waals surface area contributed by atoms with Gasteiger partial charge in [0.15, 0.2) is 0 Å². The van der Waals surface area contributed by atoms with Crippen LogP contribution in [-0.2, 0) is 0 Å². The van der Waals surface area contributed by atoms with Crippen LogP contribution in [0.25, 0.3) is 0 Å². The van der Waals surface area contributed by atoms with Crippen LogP contribution < -0.4 is 4.74 Å².